The van der Waals surface area contributed by atoms with Crippen molar-refractivity contribution in [2.45, 2.75) is 9.92 Å². The van der Waals surface area contributed by atoms with Gasteiger partial charge in [0.1, 0.15) is 5.03 Å². The van der Waals surface area contributed by atoms with Crippen LogP contribution < -0.4 is 0 Å². The summed E-state index contributed by atoms with van der Waals surface area (Å²) in [6.07, 6.45) is 1.72. The van der Waals surface area contributed by atoms with Crippen LogP contribution in [0.25, 0.3) is 10.8 Å². The van der Waals surface area contributed by atoms with Crippen LogP contribution in [0.3, 0.4) is 0 Å². The summed E-state index contributed by atoms with van der Waals surface area (Å²) in [7, 11) is 0. The lowest BCUT2D eigenvalue weighted by Crippen LogP contribution is -1.76. The molecule has 4 heteroatoms. The van der Waals surface area contributed by atoms with Crippen LogP contribution in [0.4, 0.5) is 0 Å². The van der Waals surface area contributed by atoms with Crippen LogP contribution in [0.15, 0.2) is 58.6 Å². The largest absolute Gasteiger partial charge is 0.197 e. The Morgan fingerprint density at radius 1 is 1.00 bits per heavy atom. The van der Waals surface area contributed by atoms with E-state index in [0.29, 0.717) is 0 Å². The molecule has 0 spiro atoms. The molecule has 0 bridgehead atoms. The molecular weight excluding hydrogens is 218 g/mol. The van der Waals surface area contributed by atoms with Gasteiger partial charge in [0.25, 0.3) is 0 Å². The van der Waals surface area contributed by atoms with Gasteiger partial charge in [-0.25, -0.2) is 0 Å². The van der Waals surface area contributed by atoms with Crippen molar-refractivity contribution in [1.82, 2.24) is 15.4 Å². The van der Waals surface area contributed by atoms with Crippen LogP contribution in [-0.2, 0) is 0 Å². The zero-order valence-electron chi connectivity index (χ0n) is 8.42. The van der Waals surface area contributed by atoms with Crippen molar-refractivity contribution < 1.29 is 0 Å². The fourth-order valence-electron chi connectivity index (χ4n) is 1.59. The van der Waals surface area contributed by atoms with Gasteiger partial charge < -0.3 is 0 Å². The summed E-state index contributed by atoms with van der Waals surface area (Å²) in [5.41, 5.74) is 0. The Hall–Kier alpha value is -1.81. The lowest BCUT2D eigenvalue weighted by Gasteiger charge is -2.00. The average Bonchev–Trinajstić information content (AvgIpc) is 2.82. The molecule has 0 aliphatic carbocycles. The molecule has 0 unspecified atom stereocenters. The van der Waals surface area contributed by atoms with Crippen LogP contribution in [-0.4, -0.2) is 15.4 Å². The molecule has 0 radical (unpaired) electrons. The second-order valence-corrected chi connectivity index (χ2v) is 4.51. The highest BCUT2D eigenvalue weighted by Gasteiger charge is 2.00. The van der Waals surface area contributed by atoms with Crippen LogP contribution >= 0.6 is 11.8 Å². The van der Waals surface area contributed by atoms with Gasteiger partial charge in [0, 0.05) is 4.90 Å². The SMILES string of the molecule is c1ccc2cc(Sc3cn[nH]n3)ccc2c1. The van der Waals surface area contributed by atoms with Crippen molar-refractivity contribution in [2.24, 2.45) is 0 Å². The summed E-state index contributed by atoms with van der Waals surface area (Å²) < 4.78 is 0. The summed E-state index contributed by atoms with van der Waals surface area (Å²) in [6, 6.07) is 14.7. The summed E-state index contributed by atoms with van der Waals surface area (Å²) in [5.74, 6) is 0. The van der Waals surface area contributed by atoms with Gasteiger partial charge in [0.05, 0.1) is 6.20 Å². The lowest BCUT2D eigenvalue weighted by atomic mass is 10.1. The monoisotopic (exact) mass is 227 g/mol. The first kappa shape index (κ1) is 9.42. The minimum absolute atomic E-state index is 0.885. The number of hydrogen-bond donors (Lipinski definition) is 1. The summed E-state index contributed by atoms with van der Waals surface area (Å²) in [6.45, 7) is 0. The standard InChI is InChI=1S/C12H9N3S/c1-2-4-10-7-11(6-5-9(10)3-1)16-12-8-13-15-14-12/h1-8H,(H,13,14,15). The first-order valence-corrected chi connectivity index (χ1v) is 5.76. The highest BCUT2D eigenvalue weighted by molar-refractivity contribution is 7.99. The van der Waals surface area contributed by atoms with Crippen molar-refractivity contribution >= 4 is 22.5 Å². The van der Waals surface area contributed by atoms with E-state index in [1.807, 2.05) is 12.1 Å². The van der Waals surface area contributed by atoms with Crippen molar-refractivity contribution in [2.75, 3.05) is 0 Å². The van der Waals surface area contributed by atoms with Crippen molar-refractivity contribution in [3.05, 3.63) is 48.7 Å². The third kappa shape index (κ3) is 1.79. The number of nitrogens with zero attached hydrogens (tertiary/aromatic N) is 2. The predicted molar refractivity (Wildman–Crippen MR) is 64.5 cm³/mol. The summed E-state index contributed by atoms with van der Waals surface area (Å²) in [4.78, 5) is 1.17. The Balaban J connectivity index is 1.99. The quantitative estimate of drug-likeness (QED) is 0.731. The third-order valence-corrected chi connectivity index (χ3v) is 3.23. The molecule has 2 aromatic carbocycles. The maximum Gasteiger partial charge on any atom is 0.143 e. The first-order chi connectivity index (χ1) is 7.92. The maximum atomic E-state index is 4.02. The molecule has 3 nitrogen and oxygen atoms in total. The first-order valence-electron chi connectivity index (χ1n) is 4.94. The normalized spacial score (nSPS) is 10.8. The van der Waals surface area contributed by atoms with Crippen molar-refractivity contribution in [1.29, 1.82) is 0 Å². The van der Waals surface area contributed by atoms with Gasteiger partial charge in [0.2, 0.25) is 0 Å². The molecule has 0 aliphatic rings. The Kier molecular flexibility index (Phi) is 2.34. The van der Waals surface area contributed by atoms with Crippen LogP contribution in [0.5, 0.6) is 0 Å². The number of benzene rings is 2. The van der Waals surface area contributed by atoms with Gasteiger partial charge in [0.15, 0.2) is 0 Å². The highest BCUT2D eigenvalue weighted by atomic mass is 32.2. The molecular formula is C12H9N3S. The Morgan fingerprint density at radius 3 is 2.69 bits per heavy atom. The molecule has 3 aromatic rings. The number of nitrogens with one attached hydrogen (secondary N) is 1. The van der Waals surface area contributed by atoms with E-state index in [0.717, 1.165) is 5.03 Å². The van der Waals surface area contributed by atoms with Crippen LogP contribution in [0.2, 0.25) is 0 Å². The van der Waals surface area contributed by atoms with E-state index in [-0.39, 0.29) is 0 Å². The zero-order chi connectivity index (χ0) is 10.8. The van der Waals surface area contributed by atoms with E-state index in [1.54, 1.807) is 18.0 Å². The van der Waals surface area contributed by atoms with E-state index in [9.17, 15) is 0 Å². The molecule has 0 aliphatic heterocycles. The number of H-pyrrole nitrogens is 1. The molecule has 0 amide bonds. The Labute approximate surface area is 96.9 Å². The molecule has 0 saturated heterocycles. The maximum absolute atomic E-state index is 4.02. The Bertz CT molecular complexity index is 604. The van der Waals surface area contributed by atoms with Crippen LogP contribution in [0.1, 0.15) is 0 Å². The second-order valence-electron chi connectivity index (χ2n) is 3.42. The van der Waals surface area contributed by atoms with Gasteiger partial charge in [-0.1, -0.05) is 42.1 Å². The molecule has 78 valence electrons. The molecule has 1 heterocycles. The fraction of sp³-hybridized carbons (Fsp3) is 0. The fourth-order valence-corrected chi connectivity index (χ4v) is 2.35. The molecule has 0 saturated carbocycles. The summed E-state index contributed by atoms with van der Waals surface area (Å²) >= 11 is 1.60. The predicted octanol–water partition coefficient (Wildman–Crippen LogP) is 3.11. The minimum Gasteiger partial charge on any atom is -0.197 e. The number of fused-ring (bicyclic) bond motifs is 1. The van der Waals surface area contributed by atoms with E-state index in [2.05, 4.69) is 45.7 Å². The second kappa shape index (κ2) is 3.98. The number of hydrogen-bond acceptors (Lipinski definition) is 3. The molecule has 0 fully saturated rings. The van der Waals surface area contributed by atoms with E-state index in [4.69, 9.17) is 0 Å². The smallest absolute Gasteiger partial charge is 0.143 e. The average molecular weight is 227 g/mol. The molecule has 3 rings (SSSR count). The van der Waals surface area contributed by atoms with Gasteiger partial charge >= 0.3 is 0 Å². The Morgan fingerprint density at radius 2 is 1.88 bits per heavy atom. The number of aromatic amines is 1. The minimum atomic E-state index is 0.885. The lowest BCUT2D eigenvalue weighted by molar-refractivity contribution is 0.911. The van der Waals surface area contributed by atoms with Gasteiger partial charge in [-0.15, -0.1) is 5.10 Å². The number of rotatable bonds is 2. The topological polar surface area (TPSA) is 41.6 Å². The van der Waals surface area contributed by atoms with Gasteiger partial charge in [-0.2, -0.15) is 10.3 Å². The highest BCUT2D eigenvalue weighted by Crippen LogP contribution is 2.27. The zero-order valence-corrected chi connectivity index (χ0v) is 9.24. The molecule has 1 aromatic heterocycles. The van der Waals surface area contributed by atoms with Crippen molar-refractivity contribution in [3.63, 3.8) is 0 Å². The van der Waals surface area contributed by atoms with Crippen LogP contribution in [0, 0.1) is 0 Å². The van der Waals surface area contributed by atoms with Crippen molar-refractivity contribution in [3.8, 4) is 0 Å². The van der Waals surface area contributed by atoms with E-state index in [1.165, 1.54) is 15.7 Å². The van der Waals surface area contributed by atoms with Gasteiger partial charge in [-0.3, -0.25) is 0 Å². The van der Waals surface area contributed by atoms with Gasteiger partial charge in [-0.05, 0) is 22.9 Å². The van der Waals surface area contributed by atoms with E-state index < -0.39 is 0 Å². The summed E-state index contributed by atoms with van der Waals surface area (Å²) in [5, 5.41) is 13.8. The molecule has 0 atom stereocenters. The molecule has 1 N–H and O–H groups in total. The third-order valence-electron chi connectivity index (χ3n) is 2.34. The van der Waals surface area contributed by atoms with E-state index >= 15 is 0 Å². The molecule has 16 heavy (non-hydrogen) atoms. The number of aromatic nitrogens is 3.